The molecule has 3 atom stereocenters. The summed E-state index contributed by atoms with van der Waals surface area (Å²) >= 11 is 0. The molecule has 1 rings (SSSR count). The Bertz CT molecular complexity index is 326. The van der Waals surface area contributed by atoms with Gasteiger partial charge in [-0.1, -0.05) is 12.0 Å². The molecule has 0 bridgehead atoms. The number of carbonyl (C=O) groups is 2. The second-order valence-electron chi connectivity index (χ2n) is 3.54. The van der Waals surface area contributed by atoms with E-state index in [-0.39, 0.29) is 18.2 Å². The summed E-state index contributed by atoms with van der Waals surface area (Å²) in [6, 6.07) is 0. The number of allylic oxidation sites excluding steroid dienone is 1. The number of ether oxygens (including phenoxy) is 2. The van der Waals surface area contributed by atoms with Crippen molar-refractivity contribution in [1.82, 2.24) is 0 Å². The fourth-order valence-electron chi connectivity index (χ4n) is 1.65. The fourth-order valence-corrected chi connectivity index (χ4v) is 1.65. The van der Waals surface area contributed by atoms with E-state index in [1.807, 2.05) is 0 Å². The normalized spacial score (nSPS) is 28.9. The lowest BCUT2D eigenvalue weighted by Crippen LogP contribution is -2.25. The zero-order valence-electron chi connectivity index (χ0n) is 9.09. The van der Waals surface area contributed by atoms with Gasteiger partial charge in [-0.25, -0.2) is 0 Å². The van der Waals surface area contributed by atoms with Crippen LogP contribution in [0.25, 0.3) is 0 Å². The fraction of sp³-hybridized carbons (Fsp3) is 0.500. The minimum atomic E-state index is -0.492. The van der Waals surface area contributed by atoms with Crippen LogP contribution in [0.1, 0.15) is 19.8 Å². The first-order valence-electron chi connectivity index (χ1n) is 5.06. The van der Waals surface area contributed by atoms with E-state index in [0.717, 1.165) is 6.29 Å². The van der Waals surface area contributed by atoms with Gasteiger partial charge in [0.1, 0.15) is 18.5 Å². The number of rotatable bonds is 4. The maximum Gasteiger partial charge on any atom is 0.302 e. The van der Waals surface area contributed by atoms with Crippen LogP contribution in [0, 0.1) is 12.3 Å². The molecule has 0 amide bonds. The average Bonchev–Trinajstić information content (AvgIpc) is 2.60. The number of esters is 1. The highest BCUT2D eigenvalue weighted by Gasteiger charge is 2.36. The van der Waals surface area contributed by atoms with Crippen LogP contribution >= 0.6 is 0 Å². The first-order valence-corrected chi connectivity index (χ1v) is 5.06. The van der Waals surface area contributed by atoms with Crippen LogP contribution in [-0.2, 0) is 19.1 Å². The Kier molecular flexibility index (Phi) is 4.74. The third kappa shape index (κ3) is 3.52. The highest BCUT2D eigenvalue weighted by Crippen LogP contribution is 2.25. The molecule has 16 heavy (non-hydrogen) atoms. The van der Waals surface area contributed by atoms with Crippen molar-refractivity contribution in [3.05, 3.63) is 12.2 Å². The molecule has 0 aromatic heterocycles. The maximum atomic E-state index is 10.9. The Morgan fingerprint density at radius 1 is 1.69 bits per heavy atom. The van der Waals surface area contributed by atoms with E-state index in [4.69, 9.17) is 15.9 Å². The summed E-state index contributed by atoms with van der Waals surface area (Å²) in [6.07, 6.45) is 8.91. The number of hydrogen-bond acceptors (Lipinski definition) is 4. The number of terminal acetylenes is 1. The molecule has 0 radical (unpaired) electrons. The summed E-state index contributed by atoms with van der Waals surface area (Å²) < 4.78 is 10.5. The molecule has 4 nitrogen and oxygen atoms in total. The van der Waals surface area contributed by atoms with Crippen LogP contribution in [0.2, 0.25) is 0 Å². The van der Waals surface area contributed by atoms with Gasteiger partial charge in [0, 0.05) is 13.3 Å². The van der Waals surface area contributed by atoms with Gasteiger partial charge in [-0.15, -0.1) is 6.42 Å². The Morgan fingerprint density at radius 3 is 3.00 bits per heavy atom. The second-order valence-corrected chi connectivity index (χ2v) is 3.54. The number of aldehydes is 1. The topological polar surface area (TPSA) is 52.6 Å². The molecule has 1 aliphatic rings. The molecule has 1 heterocycles. The highest BCUT2D eigenvalue weighted by atomic mass is 16.6. The maximum absolute atomic E-state index is 10.9. The minimum Gasteiger partial charge on any atom is -0.460 e. The third-order valence-electron chi connectivity index (χ3n) is 2.28. The van der Waals surface area contributed by atoms with Gasteiger partial charge < -0.3 is 14.3 Å². The van der Waals surface area contributed by atoms with Crippen molar-refractivity contribution in [3.8, 4) is 12.3 Å². The van der Waals surface area contributed by atoms with Crippen LogP contribution in [0.5, 0.6) is 0 Å². The lowest BCUT2D eigenvalue weighted by atomic mass is 10.1. The van der Waals surface area contributed by atoms with Crippen molar-refractivity contribution < 1.29 is 19.1 Å². The molecule has 1 saturated heterocycles. The van der Waals surface area contributed by atoms with Crippen LogP contribution in [-0.4, -0.2) is 30.6 Å². The predicted octanol–water partition coefficient (Wildman–Crippen LogP) is 0.854. The van der Waals surface area contributed by atoms with E-state index < -0.39 is 6.10 Å². The number of carbonyl (C=O) groups excluding carboxylic acids is 2. The molecule has 1 aliphatic heterocycles. The van der Waals surface area contributed by atoms with Crippen molar-refractivity contribution in [3.63, 3.8) is 0 Å². The van der Waals surface area contributed by atoms with Crippen LogP contribution in [0.3, 0.4) is 0 Å². The minimum absolute atomic E-state index is 0.288. The predicted molar refractivity (Wildman–Crippen MR) is 57.5 cm³/mol. The van der Waals surface area contributed by atoms with Crippen molar-refractivity contribution in [1.29, 1.82) is 0 Å². The van der Waals surface area contributed by atoms with Crippen molar-refractivity contribution in [2.45, 2.75) is 38.1 Å². The second kappa shape index (κ2) is 6.09. The lowest BCUT2D eigenvalue weighted by Gasteiger charge is -2.16. The van der Waals surface area contributed by atoms with Gasteiger partial charge in [-0.05, 0) is 12.5 Å². The average molecular weight is 222 g/mol. The molecule has 0 unspecified atom stereocenters. The summed E-state index contributed by atoms with van der Waals surface area (Å²) in [4.78, 5) is 21.5. The molecule has 0 aromatic carbocycles. The Balaban J connectivity index is 2.57. The quantitative estimate of drug-likeness (QED) is 0.402. The molecule has 0 saturated carbocycles. The first-order chi connectivity index (χ1) is 7.67. The molecule has 86 valence electrons. The van der Waals surface area contributed by atoms with E-state index in [0.29, 0.717) is 12.8 Å². The van der Waals surface area contributed by atoms with Gasteiger partial charge in [-0.3, -0.25) is 4.79 Å². The van der Waals surface area contributed by atoms with Gasteiger partial charge in [0.2, 0.25) is 0 Å². The van der Waals surface area contributed by atoms with Crippen molar-refractivity contribution >= 4 is 12.3 Å². The molecule has 1 fully saturated rings. The molecular weight excluding hydrogens is 208 g/mol. The first kappa shape index (κ1) is 12.5. The zero-order valence-corrected chi connectivity index (χ0v) is 9.09. The summed E-state index contributed by atoms with van der Waals surface area (Å²) in [5.41, 5.74) is 0. The molecular formula is C12H14O4. The van der Waals surface area contributed by atoms with Crippen LogP contribution in [0.15, 0.2) is 12.2 Å². The highest BCUT2D eigenvalue weighted by molar-refractivity contribution is 5.66. The third-order valence-corrected chi connectivity index (χ3v) is 2.28. The van der Waals surface area contributed by atoms with E-state index in [9.17, 15) is 9.59 Å². The summed E-state index contributed by atoms with van der Waals surface area (Å²) in [6.45, 7) is 1.34. The molecule has 0 aromatic rings. The monoisotopic (exact) mass is 222 g/mol. The van der Waals surface area contributed by atoms with Crippen LogP contribution in [0.4, 0.5) is 0 Å². The van der Waals surface area contributed by atoms with Gasteiger partial charge in [0.15, 0.2) is 0 Å². The zero-order chi connectivity index (χ0) is 12.0. The Hall–Kier alpha value is -1.60. The molecule has 0 spiro atoms. The van der Waals surface area contributed by atoms with E-state index in [1.54, 1.807) is 12.2 Å². The standard InChI is InChI=1S/C12H14O4/c1-3-4-5-6-11-12(15-9(2)14)7-10(8-13)16-11/h1,4-5,8,10-12H,6-7H2,2H3/b5-4+/t10-,11-,12-/m1/s1. The Labute approximate surface area is 94.6 Å². The largest absolute Gasteiger partial charge is 0.460 e. The smallest absolute Gasteiger partial charge is 0.302 e. The van der Waals surface area contributed by atoms with Gasteiger partial charge in [-0.2, -0.15) is 0 Å². The van der Waals surface area contributed by atoms with E-state index in [2.05, 4.69) is 5.92 Å². The Morgan fingerprint density at radius 2 is 2.44 bits per heavy atom. The van der Waals surface area contributed by atoms with Crippen molar-refractivity contribution in [2.24, 2.45) is 0 Å². The van der Waals surface area contributed by atoms with Gasteiger partial charge in [0.25, 0.3) is 0 Å². The summed E-state index contributed by atoms with van der Waals surface area (Å²) in [5.74, 6) is 1.99. The SMILES string of the molecule is C#C/C=C/C[C@H]1O[C@@H](C=O)C[C@H]1OC(C)=O. The summed E-state index contributed by atoms with van der Waals surface area (Å²) in [7, 11) is 0. The lowest BCUT2D eigenvalue weighted by molar-refractivity contribution is -0.148. The van der Waals surface area contributed by atoms with Crippen LogP contribution < -0.4 is 0 Å². The molecule has 0 N–H and O–H groups in total. The summed E-state index contributed by atoms with van der Waals surface area (Å²) in [5, 5.41) is 0. The van der Waals surface area contributed by atoms with Gasteiger partial charge >= 0.3 is 5.97 Å². The molecule has 0 aliphatic carbocycles. The van der Waals surface area contributed by atoms with E-state index in [1.165, 1.54) is 6.92 Å². The molecule has 4 heteroatoms. The van der Waals surface area contributed by atoms with E-state index >= 15 is 0 Å². The van der Waals surface area contributed by atoms with Gasteiger partial charge in [0.05, 0.1) is 6.10 Å². The van der Waals surface area contributed by atoms with Crippen molar-refractivity contribution in [2.75, 3.05) is 0 Å². The number of hydrogen-bond donors (Lipinski definition) is 0.